The van der Waals surface area contributed by atoms with E-state index in [4.69, 9.17) is 11.3 Å². The van der Waals surface area contributed by atoms with Gasteiger partial charge >= 0.3 is 0 Å². The molecular weight excluding hydrogens is 454 g/mol. The van der Waals surface area contributed by atoms with Gasteiger partial charge < -0.3 is 19.9 Å². The van der Waals surface area contributed by atoms with E-state index in [0.717, 1.165) is 16.5 Å². The van der Waals surface area contributed by atoms with Crippen LogP contribution in [-0.2, 0) is 16.6 Å². The Bertz CT molecular complexity index is 1420. The number of pyridine rings is 1. The van der Waals surface area contributed by atoms with Crippen molar-refractivity contribution in [1.82, 2.24) is 15.3 Å². The lowest BCUT2D eigenvalue weighted by Gasteiger charge is -2.13. The van der Waals surface area contributed by atoms with Gasteiger partial charge in [-0.15, -0.1) is 0 Å². The van der Waals surface area contributed by atoms with Gasteiger partial charge in [0.15, 0.2) is 6.61 Å². The van der Waals surface area contributed by atoms with Gasteiger partial charge in [0.2, 0.25) is 6.54 Å². The third kappa shape index (κ3) is 5.33. The van der Waals surface area contributed by atoms with Crippen molar-refractivity contribution in [2.45, 2.75) is 11.4 Å². The highest BCUT2D eigenvalue weighted by molar-refractivity contribution is 7.92. The van der Waals surface area contributed by atoms with Gasteiger partial charge in [-0.3, -0.25) is 14.5 Å². The topological polar surface area (TPSA) is 118 Å². The van der Waals surface area contributed by atoms with Crippen molar-refractivity contribution in [3.8, 4) is 5.75 Å². The molecule has 2 aromatic heterocycles. The van der Waals surface area contributed by atoms with Crippen LogP contribution < -0.4 is 14.8 Å². The van der Waals surface area contributed by atoms with Crippen molar-refractivity contribution < 1.29 is 17.9 Å². The van der Waals surface area contributed by atoms with Crippen LogP contribution in [0.25, 0.3) is 15.7 Å². The lowest BCUT2D eigenvalue weighted by atomic mass is 10.2. The fourth-order valence-corrected chi connectivity index (χ4v) is 4.31. The number of sulfonamides is 1. The summed E-state index contributed by atoms with van der Waals surface area (Å²) in [4.78, 5) is 22.8. The van der Waals surface area contributed by atoms with Crippen molar-refractivity contribution in [1.29, 1.82) is 0 Å². The van der Waals surface area contributed by atoms with Gasteiger partial charge in [0.05, 0.1) is 10.6 Å². The Balaban J connectivity index is 1.40. The number of aromatic nitrogens is 2. The summed E-state index contributed by atoms with van der Waals surface area (Å²) in [7, 11) is -3.86. The molecule has 4 rings (SSSR count). The van der Waals surface area contributed by atoms with Gasteiger partial charge in [0.25, 0.3) is 15.9 Å². The molecule has 0 radical (unpaired) electrons. The number of amides is 1. The molecule has 0 aliphatic carbocycles. The lowest BCUT2D eigenvalue weighted by Crippen LogP contribution is -2.23. The average molecular weight is 476 g/mol. The largest absolute Gasteiger partial charge is 0.484 e. The highest BCUT2D eigenvalue weighted by atomic mass is 32.2. The minimum atomic E-state index is -3.86. The second-order valence-electron chi connectivity index (χ2n) is 7.30. The number of aromatic amines is 1. The van der Waals surface area contributed by atoms with E-state index in [2.05, 4.69) is 24.9 Å². The molecule has 9 nitrogen and oxygen atoms in total. The van der Waals surface area contributed by atoms with Gasteiger partial charge in [-0.25, -0.2) is 15.0 Å². The third-order valence-electron chi connectivity index (χ3n) is 4.94. The number of carbonyl (C=O) groups is 1. The van der Waals surface area contributed by atoms with Crippen LogP contribution in [0.15, 0.2) is 78.0 Å². The Morgan fingerprint density at radius 2 is 1.91 bits per heavy atom. The maximum absolute atomic E-state index is 12.8. The third-order valence-corrected chi connectivity index (χ3v) is 6.33. The summed E-state index contributed by atoms with van der Waals surface area (Å²) in [5, 5.41) is 3.65. The van der Waals surface area contributed by atoms with Gasteiger partial charge in [-0.2, -0.15) is 0 Å². The molecule has 0 fully saturated rings. The number of para-hydroxylation sites is 2. The Morgan fingerprint density at radius 3 is 2.68 bits per heavy atom. The summed E-state index contributed by atoms with van der Waals surface area (Å²) in [6.07, 6.45) is 3.32. The second-order valence-corrected chi connectivity index (χ2v) is 8.99. The van der Waals surface area contributed by atoms with Crippen molar-refractivity contribution in [3.05, 3.63) is 95.7 Å². The minimum Gasteiger partial charge on any atom is -0.484 e. The summed E-state index contributed by atoms with van der Waals surface area (Å²) >= 11 is 0. The number of hydrogen-bond donors (Lipinski definition) is 3. The predicted octanol–water partition coefficient (Wildman–Crippen LogP) is 3.59. The molecule has 3 N–H and O–H groups in total. The zero-order chi connectivity index (χ0) is 24.0. The predicted molar refractivity (Wildman–Crippen MR) is 128 cm³/mol. The van der Waals surface area contributed by atoms with Crippen LogP contribution in [0.1, 0.15) is 16.1 Å². The van der Waals surface area contributed by atoms with Crippen LogP contribution in [-0.4, -0.2) is 37.4 Å². The Labute approximate surface area is 196 Å². The number of nitrogens with zero attached hydrogens (tertiary/aromatic N) is 2. The number of nitrogens with one attached hydrogen (secondary N) is 3. The zero-order valence-electron chi connectivity index (χ0n) is 18.0. The van der Waals surface area contributed by atoms with E-state index in [1.165, 1.54) is 12.1 Å². The quantitative estimate of drug-likeness (QED) is 0.253. The molecule has 2 aromatic carbocycles. The number of rotatable bonds is 9. The number of anilines is 1. The van der Waals surface area contributed by atoms with Crippen molar-refractivity contribution >= 4 is 32.5 Å². The number of ether oxygens (including phenoxy) is 1. The number of hydrogen-bond acceptors (Lipinski definition) is 5. The maximum atomic E-state index is 12.8. The molecule has 0 atom stereocenters. The molecule has 0 aliphatic rings. The molecule has 34 heavy (non-hydrogen) atoms. The first-order chi connectivity index (χ1) is 16.5. The summed E-state index contributed by atoms with van der Waals surface area (Å²) in [5.41, 5.74) is 2.27. The number of benzene rings is 2. The van der Waals surface area contributed by atoms with Gasteiger partial charge in [-0.1, -0.05) is 24.3 Å². The number of H-pyrrole nitrogens is 1. The number of fused-ring (bicyclic) bond motifs is 1. The van der Waals surface area contributed by atoms with Crippen molar-refractivity contribution in [2.24, 2.45) is 0 Å². The van der Waals surface area contributed by atoms with E-state index in [9.17, 15) is 13.2 Å². The second kappa shape index (κ2) is 10.1. The van der Waals surface area contributed by atoms with E-state index >= 15 is 0 Å². The Morgan fingerprint density at radius 1 is 1.12 bits per heavy atom. The normalized spacial score (nSPS) is 11.0. The van der Waals surface area contributed by atoms with Crippen molar-refractivity contribution in [2.75, 3.05) is 17.9 Å². The highest BCUT2D eigenvalue weighted by Gasteiger charge is 2.17. The van der Waals surface area contributed by atoms with Crippen molar-refractivity contribution in [3.63, 3.8) is 0 Å². The lowest BCUT2D eigenvalue weighted by molar-refractivity contribution is 0.0946. The van der Waals surface area contributed by atoms with E-state index in [0.29, 0.717) is 11.4 Å². The smallest absolute Gasteiger partial charge is 0.267 e. The molecule has 0 saturated carbocycles. The first kappa shape index (κ1) is 22.8. The summed E-state index contributed by atoms with van der Waals surface area (Å²) in [6.45, 7) is 7.40. The Hall–Kier alpha value is -4.36. The maximum Gasteiger partial charge on any atom is 0.267 e. The van der Waals surface area contributed by atoms with E-state index < -0.39 is 10.0 Å². The molecule has 4 aromatic rings. The van der Waals surface area contributed by atoms with Gasteiger partial charge in [0.1, 0.15) is 11.4 Å². The van der Waals surface area contributed by atoms with Crippen LogP contribution in [0.3, 0.4) is 0 Å². The molecule has 172 valence electrons. The Kier molecular flexibility index (Phi) is 6.75. The van der Waals surface area contributed by atoms with Gasteiger partial charge in [-0.05, 0) is 42.0 Å². The van der Waals surface area contributed by atoms with Crippen LogP contribution >= 0.6 is 0 Å². The van der Waals surface area contributed by atoms with Crippen LogP contribution in [0.4, 0.5) is 5.69 Å². The monoisotopic (exact) mass is 475 g/mol. The summed E-state index contributed by atoms with van der Waals surface area (Å²) in [6, 6.07) is 16.4. The van der Waals surface area contributed by atoms with Crippen LogP contribution in [0.2, 0.25) is 0 Å². The highest BCUT2D eigenvalue weighted by Crippen LogP contribution is 2.26. The summed E-state index contributed by atoms with van der Waals surface area (Å²) < 4.78 is 33.7. The molecule has 0 spiro atoms. The first-order valence-electron chi connectivity index (χ1n) is 10.3. The van der Waals surface area contributed by atoms with E-state index in [-0.39, 0.29) is 36.2 Å². The molecular formula is C24H21N5O4S. The molecule has 0 unspecified atom stereocenters. The SMILES string of the molecule is [C-]#[N+]CCOc1ccccc1NS(=O)(=O)c1ccc(CNC(=O)c2cc3cnccc3[nH]2)cc1. The standard InChI is InChI=1S/C24H21N5O4S/c1-25-12-13-33-23-5-3-2-4-21(23)29-34(31,32)19-8-6-17(7-9-19)15-27-24(30)22-14-18-16-26-11-10-20(18)28-22/h2-11,14,16,28-29H,12-13,15H2,(H,27,30). The number of carbonyl (C=O) groups excluding carboxylic acids is 1. The molecule has 0 bridgehead atoms. The molecule has 0 aliphatic heterocycles. The molecule has 0 saturated heterocycles. The molecule has 10 heteroatoms. The van der Waals surface area contributed by atoms with E-state index in [1.54, 1.807) is 60.9 Å². The first-order valence-corrected chi connectivity index (χ1v) is 11.8. The fraction of sp³-hybridized carbons (Fsp3) is 0.125. The minimum absolute atomic E-state index is 0.0710. The fourth-order valence-electron chi connectivity index (χ4n) is 3.24. The molecule has 1 amide bonds. The summed E-state index contributed by atoms with van der Waals surface area (Å²) in [5.74, 6) is 0.0752. The zero-order valence-corrected chi connectivity index (χ0v) is 18.8. The average Bonchev–Trinajstić information content (AvgIpc) is 3.28. The van der Waals surface area contributed by atoms with Crippen LogP contribution in [0, 0.1) is 6.57 Å². The van der Waals surface area contributed by atoms with E-state index in [1.807, 2.05) is 0 Å². The van der Waals surface area contributed by atoms with Gasteiger partial charge in [0, 0.05) is 29.8 Å². The molecule has 2 heterocycles. The van der Waals surface area contributed by atoms with Crippen LogP contribution in [0.5, 0.6) is 5.75 Å².